The highest BCUT2D eigenvalue weighted by Gasteiger charge is 2.22. The zero-order chi connectivity index (χ0) is 17.8. The van der Waals surface area contributed by atoms with E-state index in [4.69, 9.17) is 4.74 Å². The molecule has 0 radical (unpaired) electrons. The van der Waals surface area contributed by atoms with Crippen LogP contribution in [0.3, 0.4) is 0 Å². The highest BCUT2D eigenvalue weighted by molar-refractivity contribution is 5.89. The topological polar surface area (TPSA) is 68.2 Å². The lowest BCUT2D eigenvalue weighted by molar-refractivity contribution is 0.219. The molecule has 1 aliphatic rings. The maximum Gasteiger partial charge on any atom is 0.319 e. The molecular formula is C20H20N4O2. The van der Waals surface area contributed by atoms with Gasteiger partial charge in [-0.1, -0.05) is 30.3 Å². The van der Waals surface area contributed by atoms with E-state index in [1.165, 1.54) is 5.56 Å². The van der Waals surface area contributed by atoms with E-state index < -0.39 is 0 Å². The summed E-state index contributed by atoms with van der Waals surface area (Å²) in [6, 6.07) is 15.5. The first-order valence-corrected chi connectivity index (χ1v) is 8.60. The van der Waals surface area contributed by atoms with Crippen molar-refractivity contribution in [3.8, 4) is 5.75 Å². The minimum Gasteiger partial charge on any atom is -0.488 e. The fraction of sp³-hybridized carbons (Fsp3) is 0.200. The van der Waals surface area contributed by atoms with Gasteiger partial charge in [-0.2, -0.15) is 0 Å². The summed E-state index contributed by atoms with van der Waals surface area (Å²) in [4.78, 5) is 16.1. The van der Waals surface area contributed by atoms with Crippen molar-refractivity contribution in [1.29, 1.82) is 0 Å². The maximum atomic E-state index is 12.1. The molecule has 1 aromatic heterocycles. The van der Waals surface area contributed by atoms with Crippen molar-refractivity contribution in [2.45, 2.75) is 19.1 Å². The van der Waals surface area contributed by atoms with Crippen molar-refractivity contribution >= 4 is 11.7 Å². The van der Waals surface area contributed by atoms with Crippen molar-refractivity contribution in [3.05, 3.63) is 78.4 Å². The fourth-order valence-electron chi connectivity index (χ4n) is 3.03. The molecule has 1 aliphatic heterocycles. The maximum absolute atomic E-state index is 12.1. The molecule has 0 saturated carbocycles. The first-order valence-electron chi connectivity index (χ1n) is 8.60. The Kier molecular flexibility index (Phi) is 4.55. The minimum absolute atomic E-state index is 0.0179. The van der Waals surface area contributed by atoms with Crippen LogP contribution in [0, 0.1) is 0 Å². The average molecular weight is 348 g/mol. The molecule has 132 valence electrons. The molecule has 0 aliphatic carbocycles. The number of nitrogens with zero attached hydrogens (tertiary/aromatic N) is 2. The summed E-state index contributed by atoms with van der Waals surface area (Å²) in [7, 11) is 0. The Bertz CT molecular complexity index is 850. The molecule has 26 heavy (non-hydrogen) atoms. The summed E-state index contributed by atoms with van der Waals surface area (Å²) in [5.74, 6) is 0.910. The Morgan fingerprint density at radius 1 is 1.19 bits per heavy atom. The number of benzene rings is 2. The van der Waals surface area contributed by atoms with Gasteiger partial charge >= 0.3 is 6.03 Å². The van der Waals surface area contributed by atoms with Crippen molar-refractivity contribution in [3.63, 3.8) is 0 Å². The molecule has 2 aromatic carbocycles. The number of anilines is 1. The third-order valence-electron chi connectivity index (χ3n) is 4.34. The van der Waals surface area contributed by atoms with Crippen molar-refractivity contribution < 1.29 is 9.53 Å². The lowest BCUT2D eigenvalue weighted by atomic mass is 10.1. The summed E-state index contributed by atoms with van der Waals surface area (Å²) in [6.07, 6.45) is 6.26. The van der Waals surface area contributed by atoms with Crippen LogP contribution in [0.25, 0.3) is 0 Å². The molecule has 2 heterocycles. The molecule has 0 spiro atoms. The van der Waals surface area contributed by atoms with Crippen molar-refractivity contribution in [2.24, 2.45) is 0 Å². The van der Waals surface area contributed by atoms with Gasteiger partial charge in [0, 0.05) is 31.0 Å². The average Bonchev–Trinajstić information content (AvgIpc) is 3.30. The highest BCUT2D eigenvalue weighted by atomic mass is 16.5. The second-order valence-corrected chi connectivity index (χ2v) is 6.32. The van der Waals surface area contributed by atoms with Crippen LogP contribution in [0.4, 0.5) is 10.5 Å². The number of amides is 2. The lowest BCUT2D eigenvalue weighted by Crippen LogP contribution is -2.37. The van der Waals surface area contributed by atoms with Crippen molar-refractivity contribution in [1.82, 2.24) is 14.9 Å². The Labute approximate surface area is 151 Å². The van der Waals surface area contributed by atoms with Gasteiger partial charge in [0.1, 0.15) is 11.9 Å². The van der Waals surface area contributed by atoms with Crippen molar-refractivity contribution in [2.75, 3.05) is 11.9 Å². The van der Waals surface area contributed by atoms with E-state index in [9.17, 15) is 4.79 Å². The van der Waals surface area contributed by atoms with Gasteiger partial charge in [-0.05, 0) is 29.3 Å². The van der Waals surface area contributed by atoms with E-state index in [2.05, 4.69) is 21.7 Å². The van der Waals surface area contributed by atoms with Crippen LogP contribution in [-0.2, 0) is 13.0 Å². The molecule has 2 amide bonds. The largest absolute Gasteiger partial charge is 0.488 e. The number of nitrogens with one attached hydrogen (secondary N) is 2. The van der Waals surface area contributed by atoms with Crippen LogP contribution in [0.5, 0.6) is 5.75 Å². The van der Waals surface area contributed by atoms with Crippen LogP contribution in [0.2, 0.25) is 0 Å². The Morgan fingerprint density at radius 2 is 2.04 bits per heavy atom. The molecule has 0 saturated heterocycles. The van der Waals surface area contributed by atoms with E-state index in [1.54, 1.807) is 12.5 Å². The Balaban J connectivity index is 1.25. The van der Waals surface area contributed by atoms with Gasteiger partial charge in [0.05, 0.1) is 12.9 Å². The molecule has 6 nitrogen and oxygen atoms in total. The summed E-state index contributed by atoms with van der Waals surface area (Å²) >= 11 is 0. The number of urea groups is 1. The fourth-order valence-corrected chi connectivity index (χ4v) is 3.03. The first-order chi connectivity index (χ1) is 12.8. The third-order valence-corrected chi connectivity index (χ3v) is 4.34. The minimum atomic E-state index is -0.230. The molecule has 4 rings (SSSR count). The number of carbonyl (C=O) groups is 1. The van der Waals surface area contributed by atoms with Crippen LogP contribution >= 0.6 is 0 Å². The number of para-hydroxylation sites is 1. The van der Waals surface area contributed by atoms with Gasteiger partial charge in [-0.15, -0.1) is 0 Å². The number of carbonyl (C=O) groups excluding carboxylic acids is 1. The zero-order valence-corrected chi connectivity index (χ0v) is 14.3. The van der Waals surface area contributed by atoms with Gasteiger partial charge in [-0.25, -0.2) is 9.78 Å². The van der Waals surface area contributed by atoms with Gasteiger partial charge in [0.15, 0.2) is 0 Å². The van der Waals surface area contributed by atoms with Crippen LogP contribution in [-0.4, -0.2) is 28.2 Å². The predicted octanol–water partition coefficient (Wildman–Crippen LogP) is 3.06. The molecule has 1 atom stereocenters. The van der Waals surface area contributed by atoms with E-state index in [0.717, 1.165) is 30.0 Å². The molecule has 2 N–H and O–H groups in total. The number of rotatable bonds is 5. The SMILES string of the molecule is O=C(NC[C@H]1Cc2ccccc2O1)Nc1ccc(Cn2ccnc2)cc1. The summed E-state index contributed by atoms with van der Waals surface area (Å²) < 4.78 is 7.82. The van der Waals surface area contributed by atoms with E-state index in [-0.39, 0.29) is 12.1 Å². The normalized spacial score (nSPS) is 15.2. The quantitative estimate of drug-likeness (QED) is 0.745. The van der Waals surface area contributed by atoms with Gasteiger partial charge < -0.3 is 19.9 Å². The van der Waals surface area contributed by atoms with E-state index in [0.29, 0.717) is 6.54 Å². The molecule has 3 aromatic rings. The van der Waals surface area contributed by atoms with Gasteiger partial charge in [0.25, 0.3) is 0 Å². The molecular weight excluding hydrogens is 328 g/mol. The highest BCUT2D eigenvalue weighted by Crippen LogP contribution is 2.27. The standard InChI is InChI=1S/C20H20N4O2/c25-20(22-12-18-11-16-3-1-2-4-19(16)26-18)23-17-7-5-15(6-8-17)13-24-10-9-21-14-24/h1-10,14,18H,11-13H2,(H2,22,23,25)/t18-/m1/s1. The second kappa shape index (κ2) is 7.31. The zero-order valence-electron chi connectivity index (χ0n) is 14.3. The number of ether oxygens (including phenoxy) is 1. The van der Waals surface area contributed by atoms with Crippen LogP contribution < -0.4 is 15.4 Å². The molecule has 0 unspecified atom stereocenters. The number of fused-ring (bicyclic) bond motifs is 1. The second-order valence-electron chi connectivity index (χ2n) is 6.32. The Hall–Kier alpha value is -3.28. The number of hydrogen-bond donors (Lipinski definition) is 2. The first kappa shape index (κ1) is 16.2. The van der Waals surface area contributed by atoms with E-state index >= 15 is 0 Å². The molecule has 0 bridgehead atoms. The summed E-state index contributed by atoms with van der Waals surface area (Å²) in [5, 5.41) is 5.72. The summed E-state index contributed by atoms with van der Waals surface area (Å²) in [5.41, 5.74) is 3.09. The predicted molar refractivity (Wildman–Crippen MR) is 99.4 cm³/mol. The smallest absolute Gasteiger partial charge is 0.319 e. The molecule has 0 fully saturated rings. The summed E-state index contributed by atoms with van der Waals surface area (Å²) in [6.45, 7) is 1.23. The van der Waals surface area contributed by atoms with Crippen LogP contribution in [0.1, 0.15) is 11.1 Å². The van der Waals surface area contributed by atoms with Gasteiger partial charge in [0.2, 0.25) is 0 Å². The third kappa shape index (κ3) is 3.85. The number of aromatic nitrogens is 2. The van der Waals surface area contributed by atoms with Crippen LogP contribution in [0.15, 0.2) is 67.3 Å². The van der Waals surface area contributed by atoms with Gasteiger partial charge in [-0.3, -0.25) is 0 Å². The lowest BCUT2D eigenvalue weighted by Gasteiger charge is -2.13. The monoisotopic (exact) mass is 348 g/mol. The Morgan fingerprint density at radius 3 is 2.81 bits per heavy atom. The van der Waals surface area contributed by atoms with E-state index in [1.807, 2.05) is 53.2 Å². The number of imidazole rings is 1. The number of hydrogen-bond acceptors (Lipinski definition) is 3. The molecule has 6 heteroatoms.